The third-order valence-electron chi connectivity index (χ3n) is 3.50. The van der Waals surface area contributed by atoms with Crippen LogP contribution >= 0.6 is 0 Å². The number of hydrogen-bond acceptors (Lipinski definition) is 3. The van der Waals surface area contributed by atoms with Crippen LogP contribution in [-0.4, -0.2) is 19.8 Å². The Bertz CT molecular complexity index is 572. The third-order valence-corrected chi connectivity index (χ3v) is 3.50. The predicted molar refractivity (Wildman–Crippen MR) is 85.9 cm³/mol. The van der Waals surface area contributed by atoms with Crippen molar-refractivity contribution in [3.05, 3.63) is 59.9 Å². The van der Waals surface area contributed by atoms with Crippen LogP contribution in [0.5, 0.6) is 11.5 Å². The molecule has 0 amide bonds. The highest BCUT2D eigenvalue weighted by Gasteiger charge is 2.13. The molecule has 0 aliphatic heterocycles. The van der Waals surface area contributed by atoms with Crippen LogP contribution in [0.4, 0.5) is 4.39 Å². The number of halogens is 1. The van der Waals surface area contributed by atoms with Crippen molar-refractivity contribution in [3.8, 4) is 11.5 Å². The smallest absolute Gasteiger partial charge is 0.126 e. The first-order chi connectivity index (χ1) is 10.7. The van der Waals surface area contributed by atoms with Crippen molar-refractivity contribution in [3.63, 3.8) is 0 Å². The largest absolute Gasteiger partial charge is 0.494 e. The first-order valence-corrected chi connectivity index (χ1v) is 7.54. The van der Waals surface area contributed by atoms with Crippen LogP contribution < -0.4 is 15.2 Å². The van der Waals surface area contributed by atoms with E-state index in [1.54, 1.807) is 12.1 Å². The zero-order valence-electron chi connectivity index (χ0n) is 12.8. The minimum Gasteiger partial charge on any atom is -0.494 e. The maximum absolute atomic E-state index is 13.8. The summed E-state index contributed by atoms with van der Waals surface area (Å²) in [7, 11) is 0. The molecule has 0 aliphatic carbocycles. The molecule has 0 aromatic heterocycles. The van der Waals surface area contributed by atoms with Gasteiger partial charge in [-0.25, -0.2) is 4.39 Å². The molecule has 1 unspecified atom stereocenters. The third kappa shape index (κ3) is 4.46. The van der Waals surface area contributed by atoms with Gasteiger partial charge in [0.15, 0.2) is 0 Å². The van der Waals surface area contributed by atoms with Gasteiger partial charge in [0.2, 0.25) is 0 Å². The molecule has 0 spiro atoms. The summed E-state index contributed by atoms with van der Waals surface area (Å²) in [5.41, 5.74) is 6.42. The van der Waals surface area contributed by atoms with Crippen molar-refractivity contribution in [1.82, 2.24) is 0 Å². The molecule has 4 heteroatoms. The second kappa shape index (κ2) is 8.39. The number of benzene rings is 2. The van der Waals surface area contributed by atoms with Gasteiger partial charge in [-0.3, -0.25) is 0 Å². The normalized spacial score (nSPS) is 12.0. The molecule has 0 fully saturated rings. The minimum atomic E-state index is -0.209. The average Bonchev–Trinajstić information content (AvgIpc) is 2.54. The SMILES string of the molecule is CCOc1ccc(OCCC(CN)c2ccccc2F)cc1. The Morgan fingerprint density at radius 2 is 1.64 bits per heavy atom. The van der Waals surface area contributed by atoms with Gasteiger partial charge in [-0.05, 0) is 55.8 Å². The summed E-state index contributed by atoms with van der Waals surface area (Å²) < 4.78 is 24.9. The Morgan fingerprint density at radius 3 is 2.23 bits per heavy atom. The molecule has 1 atom stereocenters. The van der Waals surface area contributed by atoms with Gasteiger partial charge >= 0.3 is 0 Å². The monoisotopic (exact) mass is 303 g/mol. The summed E-state index contributed by atoms with van der Waals surface area (Å²) in [6.45, 7) is 3.47. The Balaban J connectivity index is 1.87. The van der Waals surface area contributed by atoms with Crippen molar-refractivity contribution >= 4 is 0 Å². The lowest BCUT2D eigenvalue weighted by atomic mass is 9.96. The van der Waals surface area contributed by atoms with E-state index in [4.69, 9.17) is 15.2 Å². The minimum absolute atomic E-state index is 0.0381. The molecule has 2 aromatic rings. The van der Waals surface area contributed by atoms with E-state index in [1.165, 1.54) is 6.07 Å². The second-order valence-electron chi connectivity index (χ2n) is 5.00. The predicted octanol–water partition coefficient (Wildman–Crippen LogP) is 3.74. The van der Waals surface area contributed by atoms with Crippen molar-refractivity contribution in [2.24, 2.45) is 5.73 Å². The highest BCUT2D eigenvalue weighted by molar-refractivity contribution is 5.31. The lowest BCUT2D eigenvalue weighted by molar-refractivity contribution is 0.295. The van der Waals surface area contributed by atoms with E-state index < -0.39 is 0 Å². The van der Waals surface area contributed by atoms with Gasteiger partial charge in [0.1, 0.15) is 17.3 Å². The topological polar surface area (TPSA) is 44.5 Å². The molecule has 0 bridgehead atoms. The summed E-state index contributed by atoms with van der Waals surface area (Å²) in [6.07, 6.45) is 0.671. The van der Waals surface area contributed by atoms with Gasteiger partial charge < -0.3 is 15.2 Å². The quantitative estimate of drug-likeness (QED) is 0.808. The van der Waals surface area contributed by atoms with Crippen molar-refractivity contribution in [1.29, 1.82) is 0 Å². The summed E-state index contributed by atoms with van der Waals surface area (Å²) in [4.78, 5) is 0. The van der Waals surface area contributed by atoms with Crippen molar-refractivity contribution in [2.75, 3.05) is 19.8 Å². The first-order valence-electron chi connectivity index (χ1n) is 7.54. The number of rotatable bonds is 8. The zero-order valence-corrected chi connectivity index (χ0v) is 12.8. The van der Waals surface area contributed by atoms with E-state index >= 15 is 0 Å². The van der Waals surface area contributed by atoms with Gasteiger partial charge in [0.25, 0.3) is 0 Å². The van der Waals surface area contributed by atoms with E-state index in [-0.39, 0.29) is 11.7 Å². The number of ether oxygens (including phenoxy) is 2. The highest BCUT2D eigenvalue weighted by Crippen LogP contribution is 2.23. The van der Waals surface area contributed by atoms with Crippen LogP contribution in [0, 0.1) is 5.82 Å². The van der Waals surface area contributed by atoms with Crippen LogP contribution in [0.1, 0.15) is 24.8 Å². The molecule has 0 saturated heterocycles. The fraction of sp³-hybridized carbons (Fsp3) is 0.333. The summed E-state index contributed by atoms with van der Waals surface area (Å²) in [6, 6.07) is 14.2. The van der Waals surface area contributed by atoms with Gasteiger partial charge in [-0.15, -0.1) is 0 Å². The molecule has 2 aromatic carbocycles. The molecule has 22 heavy (non-hydrogen) atoms. The molecular weight excluding hydrogens is 281 g/mol. The van der Waals surface area contributed by atoms with Gasteiger partial charge in [-0.2, -0.15) is 0 Å². The molecule has 3 nitrogen and oxygen atoms in total. The van der Waals surface area contributed by atoms with E-state index in [0.717, 1.165) is 11.5 Å². The van der Waals surface area contributed by atoms with Gasteiger partial charge in [0.05, 0.1) is 13.2 Å². The molecule has 0 radical (unpaired) electrons. The van der Waals surface area contributed by atoms with Crippen LogP contribution in [0.25, 0.3) is 0 Å². The highest BCUT2D eigenvalue weighted by atomic mass is 19.1. The zero-order chi connectivity index (χ0) is 15.8. The second-order valence-corrected chi connectivity index (χ2v) is 5.00. The van der Waals surface area contributed by atoms with Crippen LogP contribution in [0.15, 0.2) is 48.5 Å². The fourth-order valence-electron chi connectivity index (χ4n) is 2.32. The Labute approximate surface area is 130 Å². The number of hydrogen-bond donors (Lipinski definition) is 1. The van der Waals surface area contributed by atoms with Gasteiger partial charge in [-0.1, -0.05) is 18.2 Å². The molecular formula is C18H22FNO2. The maximum Gasteiger partial charge on any atom is 0.126 e. The van der Waals surface area contributed by atoms with Crippen molar-refractivity contribution in [2.45, 2.75) is 19.3 Å². The standard InChI is InChI=1S/C18H22FNO2/c1-2-21-15-7-9-16(10-8-15)22-12-11-14(13-20)17-5-3-4-6-18(17)19/h3-10,14H,2,11-13,20H2,1H3. The van der Waals surface area contributed by atoms with Gasteiger partial charge in [0, 0.05) is 5.92 Å². The van der Waals surface area contributed by atoms with Crippen molar-refractivity contribution < 1.29 is 13.9 Å². The average molecular weight is 303 g/mol. The molecule has 0 saturated carbocycles. The molecule has 2 rings (SSSR count). The van der Waals surface area contributed by atoms with E-state index in [0.29, 0.717) is 31.7 Å². The summed E-state index contributed by atoms with van der Waals surface area (Å²) >= 11 is 0. The van der Waals surface area contributed by atoms with E-state index in [9.17, 15) is 4.39 Å². The van der Waals surface area contributed by atoms with E-state index in [2.05, 4.69) is 0 Å². The lowest BCUT2D eigenvalue weighted by Crippen LogP contribution is -2.16. The Morgan fingerprint density at radius 1 is 1.00 bits per heavy atom. The first kappa shape index (κ1) is 16.3. The maximum atomic E-state index is 13.8. The summed E-state index contributed by atoms with van der Waals surface area (Å²) in [5.74, 6) is 1.34. The molecule has 0 aliphatic rings. The fourth-order valence-corrected chi connectivity index (χ4v) is 2.32. The summed E-state index contributed by atoms with van der Waals surface area (Å²) in [5, 5.41) is 0. The van der Waals surface area contributed by atoms with Crippen LogP contribution in [0.3, 0.4) is 0 Å². The number of nitrogens with two attached hydrogens (primary N) is 1. The van der Waals surface area contributed by atoms with Crippen LogP contribution in [-0.2, 0) is 0 Å². The lowest BCUT2D eigenvalue weighted by Gasteiger charge is -2.16. The van der Waals surface area contributed by atoms with Crippen LogP contribution in [0.2, 0.25) is 0 Å². The molecule has 2 N–H and O–H groups in total. The van der Waals surface area contributed by atoms with E-state index in [1.807, 2.05) is 37.3 Å². The molecule has 118 valence electrons. The Hall–Kier alpha value is -2.07. The Kier molecular flexibility index (Phi) is 6.22. The molecule has 0 heterocycles.